The summed E-state index contributed by atoms with van der Waals surface area (Å²) in [6, 6.07) is 8.31. The fraction of sp³-hybridized carbons (Fsp3) is 0.231. The first-order valence-electron chi connectivity index (χ1n) is 5.69. The van der Waals surface area contributed by atoms with Gasteiger partial charge in [-0.2, -0.15) is 0 Å². The van der Waals surface area contributed by atoms with Gasteiger partial charge >= 0.3 is 0 Å². The van der Waals surface area contributed by atoms with Gasteiger partial charge in [-0.15, -0.1) is 0 Å². The maximum Gasteiger partial charge on any atom is 0.194 e. The van der Waals surface area contributed by atoms with Crippen LogP contribution in [0, 0.1) is 0 Å². The average molecular weight is 243 g/mol. The maximum absolute atomic E-state index is 5.64. The van der Waals surface area contributed by atoms with Crippen molar-refractivity contribution in [3.63, 3.8) is 0 Å². The van der Waals surface area contributed by atoms with Gasteiger partial charge in [0.05, 0.1) is 0 Å². The number of benzene rings is 1. The molecule has 3 nitrogen and oxygen atoms in total. The van der Waals surface area contributed by atoms with E-state index in [0.717, 1.165) is 0 Å². The van der Waals surface area contributed by atoms with Crippen molar-refractivity contribution in [3.8, 4) is 0 Å². The molecule has 0 radical (unpaired) electrons. The number of nitrogens with zero attached hydrogens (tertiary/aromatic N) is 2. The van der Waals surface area contributed by atoms with E-state index in [1.165, 1.54) is 35.3 Å². The van der Waals surface area contributed by atoms with Crippen LogP contribution in [0.3, 0.4) is 0 Å². The molecule has 4 heteroatoms. The molecule has 0 amide bonds. The van der Waals surface area contributed by atoms with E-state index in [9.17, 15) is 0 Å². The third-order valence-corrected chi connectivity index (χ3v) is 3.80. The van der Waals surface area contributed by atoms with Crippen LogP contribution in [-0.2, 0) is 12.8 Å². The molecule has 0 saturated carbocycles. The van der Waals surface area contributed by atoms with Crippen molar-refractivity contribution in [2.24, 2.45) is 0 Å². The molecule has 0 saturated heterocycles. The van der Waals surface area contributed by atoms with Crippen molar-refractivity contribution in [2.75, 3.05) is 5.73 Å². The second-order valence-corrected chi connectivity index (χ2v) is 5.19. The van der Waals surface area contributed by atoms with E-state index in [4.69, 9.17) is 5.73 Å². The number of rotatable bonds is 2. The van der Waals surface area contributed by atoms with Gasteiger partial charge in [0, 0.05) is 11.1 Å². The second-order valence-electron chi connectivity index (χ2n) is 4.15. The van der Waals surface area contributed by atoms with Crippen molar-refractivity contribution in [3.05, 3.63) is 41.6 Å². The third kappa shape index (κ3) is 2.26. The lowest BCUT2D eigenvalue weighted by atomic mass is 10.1. The molecule has 1 aromatic heterocycles. The Kier molecular flexibility index (Phi) is 2.73. The van der Waals surface area contributed by atoms with Crippen molar-refractivity contribution in [2.45, 2.75) is 29.3 Å². The minimum Gasteiger partial charge on any atom is -0.384 e. The molecule has 1 heterocycles. The molecule has 2 N–H and O–H groups in total. The minimum absolute atomic E-state index is 0.517. The Bertz CT molecular complexity index is 554. The molecular weight excluding hydrogens is 230 g/mol. The molecule has 1 aliphatic carbocycles. The molecule has 0 bridgehead atoms. The Labute approximate surface area is 104 Å². The molecule has 0 fully saturated rings. The molecule has 17 heavy (non-hydrogen) atoms. The van der Waals surface area contributed by atoms with E-state index in [-0.39, 0.29) is 0 Å². The standard InChI is InChI=1S/C13H13N3S/c14-12-6-7-15-13(16-12)17-11-5-4-9-2-1-3-10(9)8-11/h4-8H,1-3H2,(H2,14,15,16). The summed E-state index contributed by atoms with van der Waals surface area (Å²) in [6.07, 6.45) is 5.38. The second kappa shape index (κ2) is 4.37. The predicted molar refractivity (Wildman–Crippen MR) is 69.0 cm³/mol. The summed E-state index contributed by atoms with van der Waals surface area (Å²) in [5.74, 6) is 0.517. The monoisotopic (exact) mass is 243 g/mol. The van der Waals surface area contributed by atoms with Gasteiger partial charge in [-0.25, -0.2) is 9.97 Å². The van der Waals surface area contributed by atoms with Gasteiger partial charge in [0.25, 0.3) is 0 Å². The van der Waals surface area contributed by atoms with Crippen LogP contribution in [0.25, 0.3) is 0 Å². The van der Waals surface area contributed by atoms with Crippen molar-refractivity contribution >= 4 is 17.6 Å². The Balaban J connectivity index is 1.86. The number of hydrogen-bond acceptors (Lipinski definition) is 4. The zero-order valence-electron chi connectivity index (χ0n) is 9.39. The molecule has 1 aliphatic rings. The molecule has 2 aromatic rings. The SMILES string of the molecule is Nc1ccnc(Sc2ccc3c(c2)CCC3)n1. The number of aryl methyl sites for hydroxylation is 2. The first-order valence-corrected chi connectivity index (χ1v) is 6.51. The topological polar surface area (TPSA) is 51.8 Å². The lowest BCUT2D eigenvalue weighted by Gasteiger charge is -2.04. The van der Waals surface area contributed by atoms with Gasteiger partial charge in [-0.05, 0) is 60.4 Å². The number of nitrogens with two attached hydrogens (primary N) is 1. The van der Waals surface area contributed by atoms with Crippen molar-refractivity contribution in [1.82, 2.24) is 9.97 Å². The summed E-state index contributed by atoms with van der Waals surface area (Å²) in [7, 11) is 0. The van der Waals surface area contributed by atoms with Crippen LogP contribution < -0.4 is 5.73 Å². The van der Waals surface area contributed by atoms with Crippen LogP contribution in [0.5, 0.6) is 0 Å². The first kappa shape index (κ1) is 10.6. The van der Waals surface area contributed by atoms with Crippen LogP contribution >= 0.6 is 11.8 Å². The van der Waals surface area contributed by atoms with Gasteiger partial charge in [0.15, 0.2) is 5.16 Å². The Morgan fingerprint density at radius 2 is 2.00 bits per heavy atom. The van der Waals surface area contributed by atoms with Gasteiger partial charge in [-0.1, -0.05) is 6.07 Å². The summed E-state index contributed by atoms with van der Waals surface area (Å²) < 4.78 is 0. The van der Waals surface area contributed by atoms with Crippen molar-refractivity contribution < 1.29 is 0 Å². The highest BCUT2D eigenvalue weighted by molar-refractivity contribution is 7.99. The van der Waals surface area contributed by atoms with Crippen LogP contribution in [0.15, 0.2) is 40.5 Å². The molecular formula is C13H13N3S. The smallest absolute Gasteiger partial charge is 0.194 e. The summed E-state index contributed by atoms with van der Waals surface area (Å²) >= 11 is 1.57. The van der Waals surface area contributed by atoms with Gasteiger partial charge in [0.1, 0.15) is 5.82 Å². The lowest BCUT2D eigenvalue weighted by Crippen LogP contribution is -1.93. The number of fused-ring (bicyclic) bond motifs is 1. The molecule has 0 spiro atoms. The van der Waals surface area contributed by atoms with Crippen LogP contribution in [-0.4, -0.2) is 9.97 Å². The van der Waals surface area contributed by atoms with E-state index in [0.29, 0.717) is 11.0 Å². The van der Waals surface area contributed by atoms with Crippen LogP contribution in [0.1, 0.15) is 17.5 Å². The van der Waals surface area contributed by atoms with Crippen LogP contribution in [0.4, 0.5) is 5.82 Å². The molecule has 0 unspecified atom stereocenters. The lowest BCUT2D eigenvalue weighted by molar-refractivity contribution is 0.911. The summed E-state index contributed by atoms with van der Waals surface area (Å²) in [5.41, 5.74) is 8.60. The fourth-order valence-corrected chi connectivity index (χ4v) is 2.93. The van der Waals surface area contributed by atoms with Gasteiger partial charge in [-0.3, -0.25) is 0 Å². The Morgan fingerprint density at radius 1 is 1.12 bits per heavy atom. The molecule has 1 aromatic carbocycles. The van der Waals surface area contributed by atoms with E-state index in [1.807, 2.05) is 0 Å². The maximum atomic E-state index is 5.64. The van der Waals surface area contributed by atoms with Gasteiger partial charge < -0.3 is 5.73 Å². The fourth-order valence-electron chi connectivity index (χ4n) is 2.12. The van der Waals surface area contributed by atoms with Gasteiger partial charge in [0.2, 0.25) is 0 Å². The predicted octanol–water partition coefficient (Wildman–Crippen LogP) is 2.70. The Hall–Kier alpha value is -1.55. The molecule has 86 valence electrons. The zero-order chi connectivity index (χ0) is 11.7. The number of hydrogen-bond donors (Lipinski definition) is 1. The molecule has 0 aliphatic heterocycles. The minimum atomic E-state index is 0.517. The molecule has 3 rings (SSSR count). The van der Waals surface area contributed by atoms with E-state index >= 15 is 0 Å². The summed E-state index contributed by atoms with van der Waals surface area (Å²) in [5, 5.41) is 0.711. The highest BCUT2D eigenvalue weighted by Gasteiger charge is 2.11. The quantitative estimate of drug-likeness (QED) is 0.824. The normalized spacial score (nSPS) is 13.6. The molecule has 0 atom stereocenters. The van der Waals surface area contributed by atoms with E-state index in [2.05, 4.69) is 28.2 Å². The number of aromatic nitrogens is 2. The highest BCUT2D eigenvalue weighted by Crippen LogP contribution is 2.30. The van der Waals surface area contributed by atoms with Crippen LogP contribution in [0.2, 0.25) is 0 Å². The highest BCUT2D eigenvalue weighted by atomic mass is 32.2. The first-order chi connectivity index (χ1) is 8.31. The Morgan fingerprint density at radius 3 is 2.88 bits per heavy atom. The number of anilines is 1. The van der Waals surface area contributed by atoms with E-state index in [1.54, 1.807) is 24.0 Å². The van der Waals surface area contributed by atoms with Crippen molar-refractivity contribution in [1.29, 1.82) is 0 Å². The zero-order valence-corrected chi connectivity index (χ0v) is 10.2. The summed E-state index contributed by atoms with van der Waals surface area (Å²) in [6.45, 7) is 0. The largest absolute Gasteiger partial charge is 0.384 e. The average Bonchev–Trinajstić information content (AvgIpc) is 2.76. The summed E-state index contributed by atoms with van der Waals surface area (Å²) in [4.78, 5) is 9.58. The number of nitrogen functional groups attached to an aromatic ring is 1. The third-order valence-electron chi connectivity index (χ3n) is 2.93. The van der Waals surface area contributed by atoms with E-state index < -0.39 is 0 Å².